The zero-order chi connectivity index (χ0) is 36.3. The number of ether oxygens (including phenoxy) is 2. The number of methoxy groups -OCH3 is 2. The molecule has 0 spiro atoms. The van der Waals surface area contributed by atoms with Crippen molar-refractivity contribution in [2.75, 3.05) is 27.3 Å². The average molecular weight is 693 g/mol. The topological polar surface area (TPSA) is 59.6 Å². The first-order valence-electron chi connectivity index (χ1n) is 18.9. The second-order valence-electron chi connectivity index (χ2n) is 14.7. The van der Waals surface area contributed by atoms with Crippen LogP contribution in [-0.2, 0) is 22.2 Å². The van der Waals surface area contributed by atoms with Gasteiger partial charge >= 0.3 is 0 Å². The molecule has 1 amide bonds. The Labute approximate surface area is 305 Å². The maximum atomic E-state index is 13.5. The number of hydrogen-bond acceptors (Lipinski definition) is 4. The molecule has 0 aromatic heterocycles. The van der Waals surface area contributed by atoms with E-state index in [4.69, 9.17) is 9.47 Å². The molecule has 272 valence electrons. The van der Waals surface area contributed by atoms with E-state index in [0.29, 0.717) is 12.5 Å². The van der Waals surface area contributed by atoms with Gasteiger partial charge in [0.15, 0.2) is 11.5 Å². The zero-order valence-electron chi connectivity index (χ0n) is 31.3. The Morgan fingerprint density at radius 2 is 1.41 bits per heavy atom. The summed E-state index contributed by atoms with van der Waals surface area (Å²) in [7, 11) is 3.44. The van der Waals surface area contributed by atoms with E-state index < -0.39 is 0 Å². The van der Waals surface area contributed by atoms with Crippen LogP contribution in [-0.4, -0.2) is 33.2 Å². The highest BCUT2D eigenvalue weighted by molar-refractivity contribution is 5.83. The van der Waals surface area contributed by atoms with Crippen molar-refractivity contribution < 1.29 is 18.7 Å². The van der Waals surface area contributed by atoms with E-state index >= 15 is 0 Å². The molecule has 6 heteroatoms. The Morgan fingerprint density at radius 3 is 2.02 bits per heavy atom. The largest absolute Gasteiger partial charge is 0.493 e. The van der Waals surface area contributed by atoms with E-state index in [2.05, 4.69) is 97.3 Å². The molecule has 1 aliphatic heterocycles. The summed E-state index contributed by atoms with van der Waals surface area (Å²) in [6.45, 7) is 8.00. The Morgan fingerprint density at radius 1 is 0.824 bits per heavy atom. The normalized spacial score (nSPS) is 16.4. The number of nitrogens with one attached hydrogen (secondary N) is 2. The molecule has 2 atom stereocenters. The van der Waals surface area contributed by atoms with Gasteiger partial charge in [-0.2, -0.15) is 0 Å². The number of carbonyl (C=O) groups is 1. The summed E-state index contributed by atoms with van der Waals surface area (Å²) >= 11 is 0. The molecular formula is C45H57FN2O3. The van der Waals surface area contributed by atoms with Gasteiger partial charge in [-0.05, 0) is 103 Å². The second kappa shape index (κ2) is 17.9. The molecule has 0 saturated heterocycles. The minimum Gasteiger partial charge on any atom is -0.493 e. The highest BCUT2D eigenvalue weighted by atomic mass is 19.1. The maximum absolute atomic E-state index is 13.5. The Balaban J connectivity index is 1.41. The molecule has 5 rings (SSSR count). The van der Waals surface area contributed by atoms with Gasteiger partial charge in [0, 0.05) is 24.0 Å². The zero-order valence-corrected chi connectivity index (χ0v) is 31.3. The van der Waals surface area contributed by atoms with Crippen molar-refractivity contribution in [3.8, 4) is 11.5 Å². The molecule has 51 heavy (non-hydrogen) atoms. The van der Waals surface area contributed by atoms with Gasteiger partial charge in [-0.15, -0.1) is 0 Å². The predicted molar refractivity (Wildman–Crippen MR) is 206 cm³/mol. The molecule has 0 saturated carbocycles. The number of fused-ring (bicyclic) bond motifs is 1. The van der Waals surface area contributed by atoms with E-state index in [1.54, 1.807) is 26.4 Å². The summed E-state index contributed by atoms with van der Waals surface area (Å²) in [4.78, 5) is 13.2. The van der Waals surface area contributed by atoms with Crippen LogP contribution >= 0.6 is 0 Å². The SMILES string of the molecule is COc1cc2c(cc1OC)C(CCCC(C)C)(CCCC(CCCNC(=O)C(C)c1ccc(F)cc1)(c1ccccc1)c1ccccc1)NCC2. The average Bonchev–Trinajstić information content (AvgIpc) is 3.16. The molecule has 2 N–H and O–H groups in total. The summed E-state index contributed by atoms with van der Waals surface area (Å²) in [5.74, 6) is 1.54. The van der Waals surface area contributed by atoms with Crippen molar-refractivity contribution in [3.63, 3.8) is 0 Å². The molecule has 1 heterocycles. The van der Waals surface area contributed by atoms with Crippen LogP contribution in [0, 0.1) is 11.7 Å². The van der Waals surface area contributed by atoms with Gasteiger partial charge < -0.3 is 20.1 Å². The van der Waals surface area contributed by atoms with Crippen molar-refractivity contribution in [3.05, 3.63) is 131 Å². The standard InChI is InChI=1S/C45H57FN2O3/c1-33(2)15-12-27-45(40-32-42(51-5)41(50-4)31-36(40)24-30-48-45)28-13-25-44(37-16-8-6-9-17-37,38-18-10-7-11-19-38)26-14-29-47-43(49)34(3)35-20-22-39(46)23-21-35/h6-11,16-23,31-34,48H,12-15,24-30H2,1-5H3,(H,47,49). The summed E-state index contributed by atoms with van der Waals surface area (Å²) in [5.41, 5.74) is 5.72. The fraction of sp³-hybridized carbons (Fsp3) is 0.444. The van der Waals surface area contributed by atoms with Crippen molar-refractivity contribution in [1.82, 2.24) is 10.6 Å². The first kappa shape index (κ1) is 38.1. The van der Waals surface area contributed by atoms with Gasteiger partial charge in [-0.3, -0.25) is 4.79 Å². The van der Waals surface area contributed by atoms with Crippen LogP contribution in [0.15, 0.2) is 97.1 Å². The lowest BCUT2D eigenvalue weighted by molar-refractivity contribution is -0.122. The van der Waals surface area contributed by atoms with E-state index in [1.165, 1.54) is 40.8 Å². The number of carbonyl (C=O) groups excluding carboxylic acids is 1. The number of rotatable bonds is 18. The molecule has 4 aromatic carbocycles. The van der Waals surface area contributed by atoms with Crippen LogP contribution in [0.5, 0.6) is 11.5 Å². The van der Waals surface area contributed by atoms with Crippen molar-refractivity contribution >= 4 is 5.91 Å². The molecule has 1 aliphatic rings. The van der Waals surface area contributed by atoms with Crippen LogP contribution in [0.3, 0.4) is 0 Å². The van der Waals surface area contributed by atoms with E-state index in [-0.39, 0.29) is 28.6 Å². The number of benzene rings is 4. The number of amides is 1. The molecule has 4 aromatic rings. The van der Waals surface area contributed by atoms with Crippen LogP contribution in [0.25, 0.3) is 0 Å². The number of halogens is 1. The highest BCUT2D eigenvalue weighted by Gasteiger charge is 2.39. The summed E-state index contributed by atoms with van der Waals surface area (Å²) in [6, 6.07) is 32.5. The molecule has 0 fully saturated rings. The lowest BCUT2D eigenvalue weighted by Gasteiger charge is -2.43. The van der Waals surface area contributed by atoms with Gasteiger partial charge in [-0.1, -0.05) is 106 Å². The molecule has 0 bridgehead atoms. The van der Waals surface area contributed by atoms with Gasteiger partial charge in [0.05, 0.1) is 20.1 Å². The van der Waals surface area contributed by atoms with Crippen LogP contribution in [0.4, 0.5) is 4.39 Å². The van der Waals surface area contributed by atoms with Gasteiger partial charge in [0.25, 0.3) is 0 Å². The maximum Gasteiger partial charge on any atom is 0.227 e. The monoisotopic (exact) mass is 692 g/mol. The van der Waals surface area contributed by atoms with Gasteiger partial charge in [0.2, 0.25) is 5.91 Å². The Hall–Kier alpha value is -4.16. The summed E-state index contributed by atoms with van der Waals surface area (Å²) in [5, 5.41) is 7.23. The van der Waals surface area contributed by atoms with Crippen LogP contribution < -0.4 is 20.1 Å². The van der Waals surface area contributed by atoms with Crippen molar-refractivity contribution in [2.24, 2.45) is 5.92 Å². The van der Waals surface area contributed by atoms with Crippen LogP contribution in [0.1, 0.15) is 106 Å². The fourth-order valence-corrected chi connectivity index (χ4v) is 8.22. The lowest BCUT2D eigenvalue weighted by atomic mass is 9.66. The molecule has 0 radical (unpaired) electrons. The van der Waals surface area contributed by atoms with Gasteiger partial charge in [-0.25, -0.2) is 4.39 Å². The number of hydrogen-bond donors (Lipinski definition) is 2. The molecule has 0 aliphatic carbocycles. The second-order valence-corrected chi connectivity index (χ2v) is 14.7. The van der Waals surface area contributed by atoms with Crippen molar-refractivity contribution in [1.29, 1.82) is 0 Å². The Bertz CT molecular complexity index is 1640. The fourth-order valence-electron chi connectivity index (χ4n) is 8.22. The Kier molecular flexibility index (Phi) is 13.3. The molecule has 5 nitrogen and oxygen atoms in total. The molecule has 2 unspecified atom stereocenters. The van der Waals surface area contributed by atoms with Gasteiger partial charge in [0.1, 0.15) is 5.82 Å². The third-order valence-electron chi connectivity index (χ3n) is 11.1. The summed E-state index contributed by atoms with van der Waals surface area (Å²) < 4.78 is 25.1. The lowest BCUT2D eigenvalue weighted by Crippen LogP contribution is -2.47. The highest BCUT2D eigenvalue weighted by Crippen LogP contribution is 2.46. The first-order valence-corrected chi connectivity index (χ1v) is 18.9. The van der Waals surface area contributed by atoms with Crippen molar-refractivity contribution in [2.45, 2.75) is 95.4 Å². The molecular weight excluding hydrogens is 636 g/mol. The predicted octanol–water partition coefficient (Wildman–Crippen LogP) is 9.87. The first-order chi connectivity index (χ1) is 24.7. The third-order valence-corrected chi connectivity index (χ3v) is 11.1. The van der Waals surface area contributed by atoms with E-state index in [1.807, 2.05) is 6.92 Å². The van der Waals surface area contributed by atoms with Crippen LogP contribution in [0.2, 0.25) is 0 Å². The minimum atomic E-state index is -0.352. The van der Waals surface area contributed by atoms with E-state index in [9.17, 15) is 9.18 Å². The summed E-state index contributed by atoms with van der Waals surface area (Å²) in [6.07, 6.45) is 9.07. The van der Waals surface area contributed by atoms with E-state index in [0.717, 1.165) is 75.0 Å². The third kappa shape index (κ3) is 9.20. The minimum absolute atomic E-state index is 0.0379. The quantitative estimate of drug-likeness (QED) is 0.102. The smallest absolute Gasteiger partial charge is 0.227 e.